The van der Waals surface area contributed by atoms with Crippen LogP contribution in [0.15, 0.2) is 11.6 Å². The smallest absolute Gasteiger partial charge is 0.305 e. The molecule has 4 rings (SSSR count). The van der Waals surface area contributed by atoms with E-state index in [1.165, 1.54) is 44.9 Å². The van der Waals surface area contributed by atoms with Gasteiger partial charge in [0.2, 0.25) is 0 Å². The summed E-state index contributed by atoms with van der Waals surface area (Å²) in [4.78, 5) is 12.2. The third-order valence-corrected chi connectivity index (χ3v) is 12.6. The van der Waals surface area contributed by atoms with Crippen molar-refractivity contribution < 1.29 is 39.8 Å². The Balaban J connectivity index is 0.00000105. The highest BCUT2D eigenvalue weighted by Gasteiger charge is 2.58. The standard InChI is InChI=1S/C34H58O7.C4H10O.C2H6/c1-31(18-35,19-36)22-40-26-13-15-34(4)25(17-26)9-11-27-28-12-10-24(33(28,3)16-14-29(27)34)7-5-6-8-30(39)41-23-32(2,20-37)21-38;1-4(2)3-5;1-2/h9,24,26-29,35-38H,5-8,10-23H2,1-4H3;4-5H,3H2,1-2H3;1-2H3/t24?,26-,27-,28?,29?,33+,34-;;/m0../s1. The molecule has 0 heterocycles. The van der Waals surface area contributed by atoms with Gasteiger partial charge in [-0.05, 0) is 105 Å². The maximum atomic E-state index is 12.2. The first-order chi connectivity index (χ1) is 22.7. The van der Waals surface area contributed by atoms with Crippen LogP contribution in [0.25, 0.3) is 0 Å². The van der Waals surface area contributed by atoms with Crippen LogP contribution in [0.3, 0.4) is 0 Å². The van der Waals surface area contributed by atoms with Crippen LogP contribution in [-0.4, -0.2) is 83.9 Å². The van der Waals surface area contributed by atoms with E-state index in [-0.39, 0.29) is 50.5 Å². The van der Waals surface area contributed by atoms with Gasteiger partial charge >= 0.3 is 5.97 Å². The van der Waals surface area contributed by atoms with Crippen LogP contribution < -0.4 is 0 Å². The number of unbranched alkanes of at least 4 members (excludes halogenated alkanes) is 1. The molecule has 3 saturated carbocycles. The number of rotatable bonds is 15. The molecule has 7 atom stereocenters. The molecule has 8 heteroatoms. The molecule has 0 radical (unpaired) electrons. The quantitative estimate of drug-likeness (QED) is 0.0732. The summed E-state index contributed by atoms with van der Waals surface area (Å²) >= 11 is 0. The van der Waals surface area contributed by atoms with Gasteiger partial charge in [0.15, 0.2) is 0 Å². The Hall–Kier alpha value is -1.03. The van der Waals surface area contributed by atoms with Crippen molar-refractivity contribution in [2.24, 2.45) is 51.2 Å². The zero-order valence-corrected chi connectivity index (χ0v) is 31.9. The second-order valence-corrected chi connectivity index (χ2v) is 17.0. The van der Waals surface area contributed by atoms with Crippen molar-refractivity contribution in [3.05, 3.63) is 11.6 Å². The third-order valence-electron chi connectivity index (χ3n) is 12.6. The third kappa shape index (κ3) is 10.7. The van der Waals surface area contributed by atoms with E-state index < -0.39 is 10.8 Å². The molecule has 0 aliphatic heterocycles. The van der Waals surface area contributed by atoms with Gasteiger partial charge in [0.05, 0.1) is 39.1 Å². The van der Waals surface area contributed by atoms with E-state index in [1.54, 1.807) is 12.5 Å². The molecule has 4 aliphatic carbocycles. The maximum absolute atomic E-state index is 12.2. The summed E-state index contributed by atoms with van der Waals surface area (Å²) in [5, 5.41) is 46.2. The summed E-state index contributed by atoms with van der Waals surface area (Å²) in [6.07, 6.45) is 15.8. The Morgan fingerprint density at radius 2 is 1.48 bits per heavy atom. The minimum Gasteiger partial charge on any atom is -0.465 e. The van der Waals surface area contributed by atoms with Crippen molar-refractivity contribution in [2.75, 3.05) is 46.2 Å². The minimum atomic E-state index is -0.774. The summed E-state index contributed by atoms with van der Waals surface area (Å²) in [6.45, 7) is 16.8. The lowest BCUT2D eigenvalue weighted by Crippen LogP contribution is -2.50. The average molecular weight is 683 g/mol. The maximum Gasteiger partial charge on any atom is 0.305 e. The molecular weight excluding hydrogens is 608 g/mol. The molecule has 0 aromatic heterocycles. The highest BCUT2D eigenvalue weighted by molar-refractivity contribution is 5.69. The fourth-order valence-electron chi connectivity index (χ4n) is 8.94. The first-order valence-electron chi connectivity index (χ1n) is 19.2. The molecule has 4 aliphatic rings. The fourth-order valence-corrected chi connectivity index (χ4v) is 8.94. The first kappa shape index (κ1) is 43.1. The zero-order valence-electron chi connectivity index (χ0n) is 31.9. The van der Waals surface area contributed by atoms with Gasteiger partial charge in [0.25, 0.3) is 0 Å². The molecular formula is C40H74O8. The Bertz CT molecular complexity index is 972. The highest BCUT2D eigenvalue weighted by Crippen LogP contribution is 2.66. The van der Waals surface area contributed by atoms with Crippen molar-refractivity contribution in [1.82, 2.24) is 0 Å². The summed E-state index contributed by atoms with van der Waals surface area (Å²) in [6, 6.07) is 0. The van der Waals surface area contributed by atoms with E-state index >= 15 is 0 Å². The normalized spacial score (nSPS) is 31.3. The van der Waals surface area contributed by atoms with E-state index in [4.69, 9.17) is 14.6 Å². The molecule has 282 valence electrons. The monoisotopic (exact) mass is 683 g/mol. The zero-order chi connectivity index (χ0) is 36.2. The second kappa shape index (κ2) is 19.5. The number of fused-ring (bicyclic) bond motifs is 5. The van der Waals surface area contributed by atoms with Crippen LogP contribution in [0, 0.1) is 51.2 Å². The van der Waals surface area contributed by atoms with Gasteiger partial charge in [-0.1, -0.05) is 73.5 Å². The lowest BCUT2D eigenvalue weighted by atomic mass is 9.47. The number of esters is 1. The van der Waals surface area contributed by atoms with E-state index in [9.17, 15) is 25.2 Å². The average Bonchev–Trinajstić information content (AvgIpc) is 3.44. The molecule has 48 heavy (non-hydrogen) atoms. The molecule has 0 aromatic carbocycles. The van der Waals surface area contributed by atoms with Gasteiger partial charge in [-0.25, -0.2) is 0 Å². The van der Waals surface area contributed by atoms with Crippen LogP contribution in [0.1, 0.15) is 132 Å². The van der Waals surface area contributed by atoms with E-state index in [0.717, 1.165) is 49.4 Å². The summed E-state index contributed by atoms with van der Waals surface area (Å²) in [5.41, 5.74) is 0.901. The van der Waals surface area contributed by atoms with E-state index in [0.29, 0.717) is 31.0 Å². The Morgan fingerprint density at radius 3 is 2.06 bits per heavy atom. The number of allylic oxidation sites excluding steroid dienone is 1. The summed E-state index contributed by atoms with van der Waals surface area (Å²) in [7, 11) is 0. The molecule has 3 fully saturated rings. The molecule has 0 aromatic rings. The summed E-state index contributed by atoms with van der Waals surface area (Å²) < 4.78 is 11.6. The molecule has 0 bridgehead atoms. The van der Waals surface area contributed by atoms with Crippen molar-refractivity contribution in [2.45, 2.75) is 139 Å². The minimum absolute atomic E-state index is 0.0550. The number of hydrogen-bond acceptors (Lipinski definition) is 8. The predicted octanol–water partition coefficient (Wildman–Crippen LogP) is 6.70. The largest absolute Gasteiger partial charge is 0.465 e. The molecule has 0 amide bonds. The molecule has 8 nitrogen and oxygen atoms in total. The Kier molecular flexibility index (Phi) is 17.6. The predicted molar refractivity (Wildman–Crippen MR) is 192 cm³/mol. The molecule has 0 spiro atoms. The molecule has 5 N–H and O–H groups in total. The number of aliphatic hydroxyl groups excluding tert-OH is 5. The summed E-state index contributed by atoms with van der Waals surface area (Å²) in [5.74, 6) is 3.23. The SMILES string of the molecule is CC.CC(C)CO.CC(CO)(CO)COC(=O)CCCCC1CCC2[C@@H]3CC=C4C[C@@H](OCC(C)(CO)CO)CC[C@]4(C)C3CC[C@]12C. The van der Waals surface area contributed by atoms with Gasteiger partial charge < -0.3 is 35.0 Å². The first-order valence-corrected chi connectivity index (χ1v) is 19.2. The van der Waals surface area contributed by atoms with Crippen molar-refractivity contribution in [1.29, 1.82) is 0 Å². The van der Waals surface area contributed by atoms with Crippen LogP contribution in [-0.2, 0) is 14.3 Å². The van der Waals surface area contributed by atoms with Gasteiger partial charge in [-0.3, -0.25) is 4.79 Å². The lowest BCUT2D eigenvalue weighted by Gasteiger charge is -2.58. The number of carbonyl (C=O) groups excluding carboxylic acids is 1. The Morgan fingerprint density at radius 1 is 0.875 bits per heavy atom. The van der Waals surface area contributed by atoms with Crippen molar-refractivity contribution in [3.63, 3.8) is 0 Å². The van der Waals surface area contributed by atoms with Gasteiger partial charge in [0.1, 0.15) is 6.61 Å². The van der Waals surface area contributed by atoms with Gasteiger partial charge in [-0.15, -0.1) is 0 Å². The second-order valence-electron chi connectivity index (χ2n) is 17.0. The van der Waals surface area contributed by atoms with Gasteiger partial charge in [-0.2, -0.15) is 0 Å². The number of hydrogen-bond donors (Lipinski definition) is 5. The topological polar surface area (TPSA) is 137 Å². The van der Waals surface area contributed by atoms with Crippen LogP contribution in [0.5, 0.6) is 0 Å². The molecule has 0 saturated heterocycles. The van der Waals surface area contributed by atoms with Crippen LogP contribution in [0.4, 0.5) is 0 Å². The number of carbonyl (C=O) groups is 1. The highest BCUT2D eigenvalue weighted by atomic mass is 16.5. The van der Waals surface area contributed by atoms with Crippen LogP contribution in [0.2, 0.25) is 0 Å². The van der Waals surface area contributed by atoms with Crippen LogP contribution >= 0.6 is 0 Å². The van der Waals surface area contributed by atoms with Crippen molar-refractivity contribution in [3.8, 4) is 0 Å². The van der Waals surface area contributed by atoms with E-state index in [1.807, 2.05) is 34.6 Å². The number of aliphatic hydroxyl groups is 5. The number of ether oxygens (including phenoxy) is 2. The van der Waals surface area contributed by atoms with E-state index in [2.05, 4.69) is 19.9 Å². The van der Waals surface area contributed by atoms with Crippen molar-refractivity contribution >= 4 is 5.97 Å². The Labute approximate surface area is 293 Å². The van der Waals surface area contributed by atoms with Gasteiger partial charge in [0, 0.05) is 23.9 Å². The lowest BCUT2D eigenvalue weighted by molar-refractivity contribution is -0.149. The fraction of sp³-hybridized carbons (Fsp3) is 0.925. The molecule has 3 unspecified atom stereocenters.